The molecule has 2 aromatic rings. The molecule has 3 rings (SSSR count). The Kier molecular flexibility index (Phi) is 6.29. The molecule has 8 nitrogen and oxygen atoms in total. The van der Waals surface area contributed by atoms with Crippen LogP contribution >= 0.6 is 0 Å². The summed E-state index contributed by atoms with van der Waals surface area (Å²) in [7, 11) is -1.04. The van der Waals surface area contributed by atoms with Gasteiger partial charge >= 0.3 is 13.1 Å². The van der Waals surface area contributed by atoms with Gasteiger partial charge in [0.25, 0.3) is 5.91 Å². The van der Waals surface area contributed by atoms with Gasteiger partial charge in [0.1, 0.15) is 18.5 Å². The summed E-state index contributed by atoms with van der Waals surface area (Å²) in [4.78, 5) is 33.6. The first-order valence-corrected chi connectivity index (χ1v) is 9.45. The SMILES string of the molecule is Cc1ncc(COC(=O)[C@@H](NC(=O)c2ccc3c(c2C)B(O)OC3)C(C)C)cn1. The number of fused-ring (bicyclic) bond motifs is 1. The van der Waals surface area contributed by atoms with Crippen LogP contribution in [0.2, 0.25) is 0 Å². The number of hydrogen-bond donors (Lipinski definition) is 2. The minimum atomic E-state index is -1.04. The van der Waals surface area contributed by atoms with Crippen molar-refractivity contribution in [1.29, 1.82) is 0 Å². The number of hydrogen-bond acceptors (Lipinski definition) is 7. The number of ether oxygens (including phenoxy) is 1. The molecule has 0 fully saturated rings. The molecule has 0 unspecified atom stereocenters. The van der Waals surface area contributed by atoms with Gasteiger partial charge in [0.15, 0.2) is 0 Å². The number of aromatic nitrogens is 2. The second kappa shape index (κ2) is 8.71. The number of esters is 1. The normalized spacial score (nSPS) is 13.9. The first-order valence-electron chi connectivity index (χ1n) is 9.45. The molecule has 1 aromatic carbocycles. The van der Waals surface area contributed by atoms with Crippen molar-refractivity contribution < 1.29 is 24.0 Å². The quantitative estimate of drug-likeness (QED) is 0.548. The standard InChI is InChI=1S/C20H24BN3O5/c1-11(2)18(20(26)28-9-14-7-22-13(4)23-8-14)24-19(25)16-6-5-15-10-29-21(27)17(15)12(16)3/h5-8,11,18,27H,9-10H2,1-4H3,(H,24,25)/t18-/m0/s1. The maximum atomic E-state index is 12.8. The number of carbonyl (C=O) groups is 2. The third-order valence-electron chi connectivity index (χ3n) is 4.92. The summed E-state index contributed by atoms with van der Waals surface area (Å²) in [6, 6.07) is 2.62. The second-order valence-electron chi connectivity index (χ2n) is 7.42. The lowest BCUT2D eigenvalue weighted by atomic mass is 9.75. The van der Waals surface area contributed by atoms with Gasteiger partial charge in [-0.3, -0.25) is 4.79 Å². The van der Waals surface area contributed by atoms with E-state index >= 15 is 0 Å². The molecule has 0 saturated carbocycles. The Hall–Kier alpha value is -2.78. The highest BCUT2D eigenvalue weighted by Crippen LogP contribution is 2.17. The van der Waals surface area contributed by atoms with Gasteiger partial charge in [-0.25, -0.2) is 14.8 Å². The van der Waals surface area contributed by atoms with Crippen molar-refractivity contribution >= 4 is 24.5 Å². The number of amides is 1. The predicted octanol–water partition coefficient (Wildman–Crippen LogP) is 0.809. The number of rotatable bonds is 6. The average molecular weight is 397 g/mol. The smallest absolute Gasteiger partial charge is 0.459 e. The van der Waals surface area contributed by atoms with Crippen LogP contribution in [0.1, 0.15) is 46.7 Å². The van der Waals surface area contributed by atoms with E-state index in [-0.39, 0.29) is 12.5 Å². The lowest BCUT2D eigenvalue weighted by Gasteiger charge is -2.21. The summed E-state index contributed by atoms with van der Waals surface area (Å²) in [5.41, 5.74) is 3.16. The third-order valence-corrected chi connectivity index (χ3v) is 4.92. The molecule has 152 valence electrons. The maximum absolute atomic E-state index is 12.8. The lowest BCUT2D eigenvalue weighted by molar-refractivity contribution is -0.148. The minimum Gasteiger partial charge on any atom is -0.459 e. The minimum absolute atomic E-state index is 0.0274. The summed E-state index contributed by atoms with van der Waals surface area (Å²) >= 11 is 0. The Balaban J connectivity index is 1.70. The molecular weight excluding hydrogens is 373 g/mol. The Labute approximate surface area is 169 Å². The fourth-order valence-corrected chi connectivity index (χ4v) is 3.21. The van der Waals surface area contributed by atoms with Crippen LogP contribution in [0.3, 0.4) is 0 Å². The van der Waals surface area contributed by atoms with E-state index in [4.69, 9.17) is 9.39 Å². The monoisotopic (exact) mass is 397 g/mol. The molecule has 29 heavy (non-hydrogen) atoms. The van der Waals surface area contributed by atoms with Gasteiger partial charge in [-0.15, -0.1) is 0 Å². The zero-order valence-electron chi connectivity index (χ0n) is 16.9. The first kappa shape index (κ1) is 20.9. The highest BCUT2D eigenvalue weighted by molar-refractivity contribution is 6.62. The van der Waals surface area contributed by atoms with Gasteiger partial charge in [-0.1, -0.05) is 19.9 Å². The zero-order valence-corrected chi connectivity index (χ0v) is 16.9. The van der Waals surface area contributed by atoms with Crippen LogP contribution in [0, 0.1) is 19.8 Å². The molecule has 0 saturated heterocycles. The second-order valence-corrected chi connectivity index (χ2v) is 7.42. The number of benzene rings is 1. The highest BCUT2D eigenvalue weighted by atomic mass is 16.5. The fraction of sp³-hybridized carbons (Fsp3) is 0.400. The molecule has 0 radical (unpaired) electrons. The number of carbonyl (C=O) groups excluding carboxylic acids is 2. The molecule has 1 amide bonds. The third kappa shape index (κ3) is 4.63. The van der Waals surface area contributed by atoms with Crippen LogP contribution in [0.25, 0.3) is 0 Å². The molecule has 2 N–H and O–H groups in total. The molecule has 0 bridgehead atoms. The number of aryl methyl sites for hydroxylation is 1. The van der Waals surface area contributed by atoms with E-state index in [1.807, 2.05) is 13.8 Å². The van der Waals surface area contributed by atoms with E-state index in [1.165, 1.54) is 0 Å². The van der Waals surface area contributed by atoms with E-state index in [1.54, 1.807) is 38.4 Å². The van der Waals surface area contributed by atoms with E-state index in [0.29, 0.717) is 34.6 Å². The van der Waals surface area contributed by atoms with E-state index < -0.39 is 25.0 Å². The Morgan fingerprint density at radius 2 is 1.97 bits per heavy atom. The van der Waals surface area contributed by atoms with Crippen LogP contribution < -0.4 is 10.8 Å². The van der Waals surface area contributed by atoms with Crippen molar-refractivity contribution in [2.24, 2.45) is 5.92 Å². The van der Waals surface area contributed by atoms with Crippen molar-refractivity contribution in [2.45, 2.75) is 47.0 Å². The number of nitrogens with one attached hydrogen (secondary N) is 1. The molecule has 0 spiro atoms. The largest absolute Gasteiger partial charge is 0.492 e. The molecule has 2 heterocycles. The summed E-state index contributed by atoms with van der Waals surface area (Å²) in [6.07, 6.45) is 3.19. The van der Waals surface area contributed by atoms with Gasteiger partial charge < -0.3 is 19.7 Å². The maximum Gasteiger partial charge on any atom is 0.492 e. The van der Waals surface area contributed by atoms with Crippen molar-refractivity contribution in [3.63, 3.8) is 0 Å². The first-order chi connectivity index (χ1) is 13.8. The number of nitrogens with zero attached hydrogens (tertiary/aromatic N) is 2. The van der Waals surface area contributed by atoms with Crippen LogP contribution in [0.4, 0.5) is 0 Å². The Bertz CT molecular complexity index is 917. The summed E-state index contributed by atoms with van der Waals surface area (Å²) in [6.45, 7) is 7.52. The van der Waals surface area contributed by atoms with Crippen molar-refractivity contribution in [3.05, 3.63) is 52.6 Å². The highest BCUT2D eigenvalue weighted by Gasteiger charge is 2.32. The molecule has 1 aliphatic heterocycles. The molecular formula is C20H24BN3O5. The summed E-state index contributed by atoms with van der Waals surface area (Å²) in [5.74, 6) is -0.480. The van der Waals surface area contributed by atoms with Crippen LogP contribution in [-0.2, 0) is 27.4 Å². The zero-order chi connectivity index (χ0) is 21.1. The van der Waals surface area contributed by atoms with Crippen molar-refractivity contribution in [1.82, 2.24) is 15.3 Å². The van der Waals surface area contributed by atoms with Gasteiger partial charge in [-0.05, 0) is 42.4 Å². The van der Waals surface area contributed by atoms with Crippen molar-refractivity contribution in [3.8, 4) is 0 Å². The summed E-state index contributed by atoms with van der Waals surface area (Å²) in [5, 5.41) is 12.7. The van der Waals surface area contributed by atoms with Gasteiger partial charge in [0, 0.05) is 23.5 Å². The van der Waals surface area contributed by atoms with Crippen LogP contribution in [0.5, 0.6) is 0 Å². The molecule has 1 aliphatic rings. The molecule has 1 atom stereocenters. The van der Waals surface area contributed by atoms with E-state index in [2.05, 4.69) is 15.3 Å². The topological polar surface area (TPSA) is 111 Å². The molecule has 9 heteroatoms. The molecule has 0 aliphatic carbocycles. The van der Waals surface area contributed by atoms with Crippen molar-refractivity contribution in [2.75, 3.05) is 0 Å². The Morgan fingerprint density at radius 1 is 1.28 bits per heavy atom. The van der Waals surface area contributed by atoms with E-state index in [9.17, 15) is 14.6 Å². The van der Waals surface area contributed by atoms with E-state index in [0.717, 1.165) is 5.56 Å². The van der Waals surface area contributed by atoms with Crippen LogP contribution in [0.15, 0.2) is 24.5 Å². The Morgan fingerprint density at radius 3 is 2.62 bits per heavy atom. The van der Waals surface area contributed by atoms with Crippen LogP contribution in [-0.4, -0.2) is 40.0 Å². The summed E-state index contributed by atoms with van der Waals surface area (Å²) < 4.78 is 10.6. The van der Waals surface area contributed by atoms with Gasteiger partial charge in [0.05, 0.1) is 6.61 Å². The molecule has 1 aromatic heterocycles. The fourth-order valence-electron chi connectivity index (χ4n) is 3.21. The van der Waals surface area contributed by atoms with Gasteiger partial charge in [-0.2, -0.15) is 0 Å². The van der Waals surface area contributed by atoms with Gasteiger partial charge in [0.2, 0.25) is 0 Å². The predicted molar refractivity (Wildman–Crippen MR) is 106 cm³/mol. The lowest BCUT2D eigenvalue weighted by Crippen LogP contribution is -2.46. The average Bonchev–Trinajstić information content (AvgIpc) is 3.07.